The molecule has 1 aliphatic heterocycles. The topological polar surface area (TPSA) is 70.9 Å². The highest BCUT2D eigenvalue weighted by atomic mass is 35.5. The molecule has 0 aromatic heterocycles. The maximum absolute atomic E-state index is 14.2. The van der Waals surface area contributed by atoms with Crippen LogP contribution < -0.4 is 10.2 Å². The van der Waals surface area contributed by atoms with E-state index in [1.165, 1.54) is 6.07 Å². The summed E-state index contributed by atoms with van der Waals surface area (Å²) in [5.74, 6) is -1.02. The van der Waals surface area contributed by atoms with E-state index in [9.17, 15) is 14.3 Å². The van der Waals surface area contributed by atoms with Crippen molar-refractivity contribution in [1.29, 1.82) is 0 Å². The second-order valence-corrected chi connectivity index (χ2v) is 5.69. The molecule has 0 spiro atoms. The molecule has 0 fully saturated rings. The van der Waals surface area contributed by atoms with Crippen LogP contribution in [-0.4, -0.2) is 29.4 Å². The lowest BCUT2D eigenvalue weighted by molar-refractivity contribution is -0.121. The molecule has 120 valence electrons. The van der Waals surface area contributed by atoms with Gasteiger partial charge in [0.25, 0.3) is 0 Å². The van der Waals surface area contributed by atoms with E-state index in [-0.39, 0.29) is 29.2 Å². The SMILES string of the molecule is CCC(O)COc1c(F)cc(C2=NNC(=O)CC2C)cc1Cl. The van der Waals surface area contributed by atoms with Gasteiger partial charge in [-0.2, -0.15) is 5.10 Å². The van der Waals surface area contributed by atoms with Gasteiger partial charge in [-0.05, 0) is 18.6 Å². The number of ether oxygens (including phenoxy) is 1. The van der Waals surface area contributed by atoms with Crippen molar-refractivity contribution in [3.63, 3.8) is 0 Å². The number of halogens is 2. The van der Waals surface area contributed by atoms with Crippen molar-refractivity contribution in [2.24, 2.45) is 11.0 Å². The molecule has 1 aliphatic rings. The van der Waals surface area contributed by atoms with Crippen LogP contribution in [0.25, 0.3) is 0 Å². The maximum Gasteiger partial charge on any atom is 0.240 e. The number of nitrogens with one attached hydrogen (secondary N) is 1. The fourth-order valence-corrected chi connectivity index (χ4v) is 2.41. The van der Waals surface area contributed by atoms with Crippen LogP contribution in [0.15, 0.2) is 17.2 Å². The summed E-state index contributed by atoms with van der Waals surface area (Å²) in [6.07, 6.45) is 0.123. The van der Waals surface area contributed by atoms with Crippen molar-refractivity contribution < 1.29 is 19.0 Å². The zero-order valence-corrected chi connectivity index (χ0v) is 13.2. The molecule has 2 atom stereocenters. The molecule has 1 aromatic carbocycles. The van der Waals surface area contributed by atoms with Crippen LogP contribution in [0.1, 0.15) is 32.3 Å². The molecule has 0 saturated carbocycles. The number of nitrogens with zero attached hydrogens (tertiary/aromatic N) is 1. The van der Waals surface area contributed by atoms with E-state index in [1.807, 2.05) is 6.92 Å². The molecule has 22 heavy (non-hydrogen) atoms. The van der Waals surface area contributed by atoms with Gasteiger partial charge in [-0.15, -0.1) is 0 Å². The first-order valence-corrected chi connectivity index (χ1v) is 7.46. The fraction of sp³-hybridized carbons (Fsp3) is 0.467. The summed E-state index contributed by atoms with van der Waals surface area (Å²) in [6.45, 7) is 3.61. The number of aliphatic hydroxyl groups is 1. The number of amides is 1. The quantitative estimate of drug-likeness (QED) is 0.872. The molecule has 2 rings (SSSR count). The van der Waals surface area contributed by atoms with Crippen molar-refractivity contribution in [2.45, 2.75) is 32.8 Å². The molecule has 0 aliphatic carbocycles. The zero-order chi connectivity index (χ0) is 16.3. The summed E-state index contributed by atoms with van der Waals surface area (Å²) in [6, 6.07) is 2.82. The number of carbonyl (C=O) groups is 1. The van der Waals surface area contributed by atoms with Gasteiger partial charge in [0.15, 0.2) is 11.6 Å². The number of aliphatic hydroxyl groups excluding tert-OH is 1. The second-order valence-electron chi connectivity index (χ2n) is 5.28. The standard InChI is InChI=1S/C15H18ClFN2O3/c1-3-10(20)7-22-15-11(16)5-9(6-12(15)17)14-8(2)4-13(21)18-19-14/h5-6,8,10,20H,3-4,7H2,1-2H3,(H,18,21). The van der Waals surface area contributed by atoms with E-state index in [2.05, 4.69) is 10.5 Å². The summed E-state index contributed by atoms with van der Waals surface area (Å²) in [5.41, 5.74) is 3.45. The van der Waals surface area contributed by atoms with Crippen LogP contribution in [0.2, 0.25) is 5.02 Å². The number of carbonyl (C=O) groups excluding carboxylic acids is 1. The van der Waals surface area contributed by atoms with Crippen LogP contribution in [-0.2, 0) is 4.79 Å². The predicted molar refractivity (Wildman–Crippen MR) is 81.7 cm³/mol. The van der Waals surface area contributed by atoms with E-state index >= 15 is 0 Å². The molecular formula is C15H18ClFN2O3. The molecule has 0 bridgehead atoms. The largest absolute Gasteiger partial charge is 0.486 e. The summed E-state index contributed by atoms with van der Waals surface area (Å²) >= 11 is 6.07. The number of hydrogen-bond acceptors (Lipinski definition) is 4. The van der Waals surface area contributed by atoms with E-state index in [4.69, 9.17) is 16.3 Å². The summed E-state index contributed by atoms with van der Waals surface area (Å²) in [4.78, 5) is 11.3. The fourth-order valence-electron chi connectivity index (χ4n) is 2.15. The first kappa shape index (κ1) is 16.7. The van der Waals surface area contributed by atoms with Gasteiger partial charge in [0.1, 0.15) is 6.61 Å². The molecular weight excluding hydrogens is 311 g/mol. The monoisotopic (exact) mass is 328 g/mol. The molecule has 1 aromatic rings. The van der Waals surface area contributed by atoms with Crippen molar-refractivity contribution in [1.82, 2.24) is 5.43 Å². The van der Waals surface area contributed by atoms with Crippen LogP contribution in [0.4, 0.5) is 4.39 Å². The number of rotatable bonds is 5. The Kier molecular flexibility index (Phi) is 5.37. The molecule has 1 amide bonds. The Morgan fingerprint density at radius 3 is 2.91 bits per heavy atom. The molecule has 0 saturated heterocycles. The molecule has 5 nitrogen and oxygen atoms in total. The number of hydrazone groups is 1. The van der Waals surface area contributed by atoms with Gasteiger partial charge in [0.05, 0.1) is 16.8 Å². The van der Waals surface area contributed by atoms with Gasteiger partial charge < -0.3 is 9.84 Å². The molecule has 2 N–H and O–H groups in total. The van der Waals surface area contributed by atoms with E-state index in [0.29, 0.717) is 24.1 Å². The second kappa shape index (κ2) is 7.07. The smallest absolute Gasteiger partial charge is 0.240 e. The van der Waals surface area contributed by atoms with Crippen LogP contribution in [0.3, 0.4) is 0 Å². The van der Waals surface area contributed by atoms with Crippen molar-refractivity contribution in [3.05, 3.63) is 28.5 Å². The highest BCUT2D eigenvalue weighted by Crippen LogP contribution is 2.31. The molecule has 7 heteroatoms. The maximum atomic E-state index is 14.2. The predicted octanol–water partition coefficient (Wildman–Crippen LogP) is 2.49. The van der Waals surface area contributed by atoms with Gasteiger partial charge in [0.2, 0.25) is 5.91 Å². The third-order valence-corrected chi connectivity index (χ3v) is 3.73. The summed E-state index contributed by atoms with van der Waals surface area (Å²) < 4.78 is 19.4. The van der Waals surface area contributed by atoms with Gasteiger partial charge in [-0.1, -0.05) is 25.4 Å². The van der Waals surface area contributed by atoms with E-state index in [1.54, 1.807) is 13.0 Å². The van der Waals surface area contributed by atoms with Gasteiger partial charge in [-0.3, -0.25) is 4.79 Å². The average molecular weight is 329 g/mol. The lowest BCUT2D eigenvalue weighted by Crippen LogP contribution is -2.32. The highest BCUT2D eigenvalue weighted by Gasteiger charge is 2.23. The number of hydrogen-bond donors (Lipinski definition) is 2. The van der Waals surface area contributed by atoms with Crippen LogP contribution in [0, 0.1) is 11.7 Å². The lowest BCUT2D eigenvalue weighted by Gasteiger charge is -2.20. The first-order valence-electron chi connectivity index (χ1n) is 7.09. The Labute approximate surface area is 133 Å². The third-order valence-electron chi connectivity index (χ3n) is 3.44. The normalized spacial score (nSPS) is 19.4. The van der Waals surface area contributed by atoms with Gasteiger partial charge in [0, 0.05) is 17.9 Å². The van der Waals surface area contributed by atoms with E-state index in [0.717, 1.165) is 0 Å². The van der Waals surface area contributed by atoms with Gasteiger partial charge in [-0.25, -0.2) is 9.82 Å². The summed E-state index contributed by atoms with van der Waals surface area (Å²) in [7, 11) is 0. The van der Waals surface area contributed by atoms with Crippen molar-refractivity contribution >= 4 is 23.2 Å². The first-order chi connectivity index (χ1) is 10.4. The molecule has 0 radical (unpaired) electrons. The highest BCUT2D eigenvalue weighted by molar-refractivity contribution is 6.32. The lowest BCUT2D eigenvalue weighted by atomic mass is 9.94. The van der Waals surface area contributed by atoms with Crippen LogP contribution in [0.5, 0.6) is 5.75 Å². The van der Waals surface area contributed by atoms with Crippen LogP contribution >= 0.6 is 11.6 Å². The zero-order valence-electron chi connectivity index (χ0n) is 12.4. The minimum Gasteiger partial charge on any atom is -0.486 e. The Balaban J connectivity index is 2.24. The van der Waals surface area contributed by atoms with Gasteiger partial charge >= 0.3 is 0 Å². The van der Waals surface area contributed by atoms with Crippen molar-refractivity contribution in [2.75, 3.05) is 6.61 Å². The Hall–Kier alpha value is -1.66. The summed E-state index contributed by atoms with van der Waals surface area (Å²) in [5, 5.41) is 13.5. The minimum absolute atomic E-state index is 0.0279. The third kappa shape index (κ3) is 3.75. The number of benzene rings is 1. The Morgan fingerprint density at radius 1 is 1.59 bits per heavy atom. The molecule has 1 heterocycles. The van der Waals surface area contributed by atoms with Crippen molar-refractivity contribution in [3.8, 4) is 5.75 Å². The Morgan fingerprint density at radius 2 is 2.32 bits per heavy atom. The average Bonchev–Trinajstić information content (AvgIpc) is 2.45. The van der Waals surface area contributed by atoms with E-state index < -0.39 is 11.9 Å². The molecule has 2 unspecified atom stereocenters. The minimum atomic E-state index is -0.673. The Bertz CT molecular complexity index is 583.